The molecule has 0 bridgehead atoms. The number of methoxy groups -OCH3 is 2. The molecule has 4 rings (SSSR count). The fourth-order valence-corrected chi connectivity index (χ4v) is 5.45. The molecule has 1 aromatic carbocycles. The van der Waals surface area contributed by atoms with Crippen LogP contribution in [0.2, 0.25) is 0 Å². The Morgan fingerprint density at radius 3 is 2.51 bits per heavy atom. The number of hydrogen-bond donors (Lipinski definition) is 1. The van der Waals surface area contributed by atoms with E-state index < -0.39 is 0 Å². The molecule has 3 aliphatic rings. The zero-order valence-corrected chi connectivity index (χ0v) is 24.2. The summed E-state index contributed by atoms with van der Waals surface area (Å²) in [5, 5.41) is 3.58. The van der Waals surface area contributed by atoms with Gasteiger partial charge in [0.2, 0.25) is 0 Å². The molecule has 1 aromatic rings. The Kier molecular flexibility index (Phi) is 11.4. The Labute approximate surface area is 233 Å². The van der Waals surface area contributed by atoms with Crippen molar-refractivity contribution >= 4 is 6.09 Å². The number of rotatable bonds is 15. The van der Waals surface area contributed by atoms with Crippen molar-refractivity contribution in [1.29, 1.82) is 0 Å². The number of benzene rings is 1. The second-order valence-electron chi connectivity index (χ2n) is 11.4. The fraction of sp³-hybridized carbons (Fsp3) is 0.767. The van der Waals surface area contributed by atoms with Crippen LogP contribution in [0.5, 0.6) is 17.2 Å². The minimum absolute atomic E-state index is 0.0259. The van der Waals surface area contributed by atoms with Crippen LogP contribution in [0.15, 0.2) is 18.2 Å². The molecule has 0 aromatic heterocycles. The van der Waals surface area contributed by atoms with Crippen molar-refractivity contribution in [2.24, 2.45) is 17.8 Å². The molecule has 1 aliphatic carbocycles. The minimum atomic E-state index is -0.150. The summed E-state index contributed by atoms with van der Waals surface area (Å²) in [4.78, 5) is 15.1. The largest absolute Gasteiger partial charge is 0.493 e. The number of nitrogens with one attached hydrogen (secondary N) is 1. The lowest BCUT2D eigenvalue weighted by atomic mass is 9.87. The number of amides is 1. The zero-order valence-electron chi connectivity index (χ0n) is 24.2. The first-order chi connectivity index (χ1) is 19.0. The molecular formula is C30H48N2O7. The van der Waals surface area contributed by atoms with Crippen molar-refractivity contribution in [1.82, 2.24) is 10.2 Å². The lowest BCUT2D eigenvalue weighted by Gasteiger charge is -2.32. The average Bonchev–Trinajstić information content (AvgIpc) is 3.69. The topological polar surface area (TPSA) is 87.7 Å². The molecule has 3 unspecified atom stereocenters. The quantitative estimate of drug-likeness (QED) is 0.320. The Morgan fingerprint density at radius 1 is 1.05 bits per heavy atom. The second-order valence-corrected chi connectivity index (χ2v) is 11.4. The molecule has 9 nitrogen and oxygen atoms in total. The van der Waals surface area contributed by atoms with Crippen LogP contribution < -0.4 is 19.5 Å². The number of carbonyl (C=O) groups is 1. The average molecular weight is 549 g/mol. The number of nitrogens with zero attached hydrogens (tertiary/aromatic N) is 1. The zero-order chi connectivity index (χ0) is 27.6. The Morgan fingerprint density at radius 2 is 1.82 bits per heavy atom. The number of carbonyl (C=O) groups excluding carboxylic acids is 1. The van der Waals surface area contributed by atoms with Gasteiger partial charge in [-0.25, -0.2) is 4.79 Å². The highest BCUT2D eigenvalue weighted by Crippen LogP contribution is 2.35. The first-order valence-corrected chi connectivity index (χ1v) is 14.7. The summed E-state index contributed by atoms with van der Waals surface area (Å²) in [5.41, 5.74) is 0. The van der Waals surface area contributed by atoms with Gasteiger partial charge in [0, 0.05) is 51.6 Å². The van der Waals surface area contributed by atoms with Gasteiger partial charge in [0.15, 0.2) is 11.5 Å². The third-order valence-electron chi connectivity index (χ3n) is 8.02. The van der Waals surface area contributed by atoms with E-state index in [2.05, 4.69) is 19.2 Å². The van der Waals surface area contributed by atoms with Crippen LogP contribution in [0.4, 0.5) is 4.79 Å². The lowest BCUT2D eigenvalue weighted by molar-refractivity contribution is -0.0129. The van der Waals surface area contributed by atoms with E-state index in [1.165, 1.54) is 0 Å². The fourth-order valence-electron chi connectivity index (χ4n) is 5.45. The van der Waals surface area contributed by atoms with Crippen LogP contribution in [0, 0.1) is 17.8 Å². The molecule has 1 saturated carbocycles. The third-order valence-corrected chi connectivity index (χ3v) is 8.02. The maximum absolute atomic E-state index is 13.1. The van der Waals surface area contributed by atoms with Crippen LogP contribution in [0.1, 0.15) is 52.4 Å². The van der Waals surface area contributed by atoms with Gasteiger partial charge in [-0.2, -0.15) is 0 Å². The van der Waals surface area contributed by atoms with Gasteiger partial charge >= 0.3 is 6.09 Å². The van der Waals surface area contributed by atoms with Crippen LogP contribution >= 0.6 is 0 Å². The summed E-state index contributed by atoms with van der Waals surface area (Å²) in [6.45, 7) is 9.51. The van der Waals surface area contributed by atoms with Crippen LogP contribution in [-0.2, 0) is 14.2 Å². The summed E-state index contributed by atoms with van der Waals surface area (Å²) in [7, 11) is 3.33. The first-order valence-electron chi connectivity index (χ1n) is 14.7. The normalized spacial score (nSPS) is 22.5. The highest BCUT2D eigenvalue weighted by molar-refractivity contribution is 5.68. The highest BCUT2D eigenvalue weighted by Gasteiger charge is 2.39. The molecule has 39 heavy (non-hydrogen) atoms. The number of hydrogen-bond acceptors (Lipinski definition) is 8. The molecular weight excluding hydrogens is 500 g/mol. The predicted octanol–water partition coefficient (Wildman–Crippen LogP) is 4.52. The molecule has 1 N–H and O–H groups in total. The van der Waals surface area contributed by atoms with E-state index in [1.54, 1.807) is 14.2 Å². The van der Waals surface area contributed by atoms with E-state index in [0.29, 0.717) is 61.7 Å². The molecule has 0 radical (unpaired) electrons. The van der Waals surface area contributed by atoms with Crippen molar-refractivity contribution in [2.45, 2.75) is 70.6 Å². The molecule has 0 spiro atoms. The molecule has 9 heteroatoms. The molecule has 3 atom stereocenters. The summed E-state index contributed by atoms with van der Waals surface area (Å²) >= 11 is 0. The van der Waals surface area contributed by atoms with Crippen LogP contribution in [0.3, 0.4) is 0 Å². The smallest absolute Gasteiger partial charge is 0.410 e. The van der Waals surface area contributed by atoms with Gasteiger partial charge in [-0.15, -0.1) is 0 Å². The maximum atomic E-state index is 13.1. The number of ether oxygens (including phenoxy) is 6. The summed E-state index contributed by atoms with van der Waals surface area (Å²) in [6.07, 6.45) is 5.29. The van der Waals surface area contributed by atoms with Gasteiger partial charge in [0.05, 0.1) is 26.9 Å². The van der Waals surface area contributed by atoms with Gasteiger partial charge in [-0.3, -0.25) is 0 Å². The summed E-state index contributed by atoms with van der Waals surface area (Å²) in [6, 6.07) is 6.08. The first kappa shape index (κ1) is 29.7. The van der Waals surface area contributed by atoms with Crippen molar-refractivity contribution in [2.75, 3.05) is 60.3 Å². The Hall–Kier alpha value is -2.23. The van der Waals surface area contributed by atoms with Gasteiger partial charge < -0.3 is 38.6 Å². The third kappa shape index (κ3) is 8.88. The van der Waals surface area contributed by atoms with Gasteiger partial charge in [0.1, 0.15) is 18.0 Å². The van der Waals surface area contributed by atoms with E-state index in [9.17, 15) is 4.79 Å². The molecule has 2 aliphatic heterocycles. The van der Waals surface area contributed by atoms with Gasteiger partial charge in [0.25, 0.3) is 0 Å². The summed E-state index contributed by atoms with van der Waals surface area (Å²) in [5.74, 6) is 3.26. The lowest BCUT2D eigenvalue weighted by Crippen LogP contribution is -2.42. The minimum Gasteiger partial charge on any atom is -0.493 e. The van der Waals surface area contributed by atoms with Crippen molar-refractivity contribution in [3.8, 4) is 17.2 Å². The van der Waals surface area contributed by atoms with E-state index in [1.807, 2.05) is 23.1 Å². The SMILES string of the molecule is COCCCOc1cc(OC(CC2CNCC2CN(C(=O)OC2CCOCC2)C2CC2)C(C)C)ccc1OC. The van der Waals surface area contributed by atoms with Crippen molar-refractivity contribution in [3.63, 3.8) is 0 Å². The van der Waals surface area contributed by atoms with E-state index in [-0.39, 0.29) is 18.3 Å². The molecule has 3 fully saturated rings. The monoisotopic (exact) mass is 548 g/mol. The highest BCUT2D eigenvalue weighted by atomic mass is 16.6. The molecule has 220 valence electrons. The van der Waals surface area contributed by atoms with Crippen molar-refractivity contribution < 1.29 is 33.2 Å². The predicted molar refractivity (Wildman–Crippen MR) is 149 cm³/mol. The van der Waals surface area contributed by atoms with E-state index >= 15 is 0 Å². The summed E-state index contributed by atoms with van der Waals surface area (Å²) < 4.78 is 34.5. The molecule has 1 amide bonds. The second kappa shape index (κ2) is 15.0. The standard InChI is InChI=1S/C30H48N2O7/c1-21(2)28(38-26-8-9-27(35-4)29(17-26)37-13-5-12-34-3)16-22-18-31-19-23(22)20-32(24-6-7-24)30(33)39-25-10-14-36-15-11-25/h8-9,17,21-25,28,31H,5-7,10-16,18-20H2,1-4H3. The molecule has 2 saturated heterocycles. The van der Waals surface area contributed by atoms with Gasteiger partial charge in [-0.1, -0.05) is 13.8 Å². The maximum Gasteiger partial charge on any atom is 0.410 e. The molecule has 2 heterocycles. The Bertz CT molecular complexity index is 888. The Balaban J connectivity index is 1.36. The van der Waals surface area contributed by atoms with Crippen molar-refractivity contribution in [3.05, 3.63) is 18.2 Å². The van der Waals surface area contributed by atoms with Gasteiger partial charge in [-0.05, 0) is 62.2 Å². The van der Waals surface area contributed by atoms with Crippen LogP contribution in [0.25, 0.3) is 0 Å². The van der Waals surface area contributed by atoms with E-state index in [0.717, 1.165) is 63.9 Å². The van der Waals surface area contributed by atoms with Crippen LogP contribution in [-0.4, -0.2) is 89.5 Å². The van der Waals surface area contributed by atoms with E-state index in [4.69, 9.17) is 28.4 Å².